The third-order valence-corrected chi connectivity index (χ3v) is 5.27. The molecular formula is C24H44O2. The van der Waals surface area contributed by atoms with Gasteiger partial charge in [0, 0.05) is 6.42 Å². The molecule has 0 N–H and O–H groups in total. The van der Waals surface area contributed by atoms with Crippen LogP contribution in [0.25, 0.3) is 0 Å². The Morgan fingerprint density at radius 2 is 1.81 bits per heavy atom. The lowest BCUT2D eigenvalue weighted by Crippen LogP contribution is -2.06. The molecule has 1 unspecified atom stereocenters. The van der Waals surface area contributed by atoms with Crippen molar-refractivity contribution in [3.63, 3.8) is 0 Å². The van der Waals surface area contributed by atoms with Crippen LogP contribution in [-0.2, 0) is 9.53 Å². The maximum atomic E-state index is 11.1. The van der Waals surface area contributed by atoms with Gasteiger partial charge in [-0.25, -0.2) is 0 Å². The predicted molar refractivity (Wildman–Crippen MR) is 114 cm³/mol. The van der Waals surface area contributed by atoms with E-state index in [2.05, 4.69) is 30.4 Å². The van der Waals surface area contributed by atoms with E-state index in [1.807, 2.05) is 13.8 Å². The summed E-state index contributed by atoms with van der Waals surface area (Å²) in [5.41, 5.74) is 1.37. The summed E-state index contributed by atoms with van der Waals surface area (Å²) in [4.78, 5) is 11.1. The Kier molecular flexibility index (Phi) is 16.7. The van der Waals surface area contributed by atoms with Crippen LogP contribution < -0.4 is 0 Å². The van der Waals surface area contributed by atoms with Crippen molar-refractivity contribution in [1.29, 1.82) is 0 Å². The Labute approximate surface area is 163 Å². The highest BCUT2D eigenvalue weighted by atomic mass is 16.5. The number of methoxy groups -OCH3 is 1. The fourth-order valence-corrected chi connectivity index (χ4v) is 3.75. The zero-order valence-corrected chi connectivity index (χ0v) is 18.0. The number of allylic oxidation sites excluding steroid dienone is 3. The van der Waals surface area contributed by atoms with Gasteiger partial charge in [0.25, 0.3) is 0 Å². The molecule has 0 radical (unpaired) electrons. The summed E-state index contributed by atoms with van der Waals surface area (Å²) in [6.07, 6.45) is 20.4. The number of carbonyl (C=O) groups excluding carboxylic acids is 1. The Hall–Kier alpha value is -1.05. The first kappa shape index (κ1) is 24.9. The lowest BCUT2D eigenvalue weighted by molar-refractivity contribution is -0.140. The molecule has 1 aliphatic carbocycles. The quantitative estimate of drug-likeness (QED) is 0.191. The van der Waals surface area contributed by atoms with Gasteiger partial charge in [-0.3, -0.25) is 4.79 Å². The average Bonchev–Trinajstić information content (AvgIpc) is 3.10. The van der Waals surface area contributed by atoms with Gasteiger partial charge in [-0.15, -0.1) is 0 Å². The molecule has 0 aromatic heterocycles. The second-order valence-electron chi connectivity index (χ2n) is 7.37. The third-order valence-electron chi connectivity index (χ3n) is 5.27. The van der Waals surface area contributed by atoms with E-state index in [1.54, 1.807) is 0 Å². The van der Waals surface area contributed by atoms with Crippen LogP contribution in [0.2, 0.25) is 0 Å². The highest BCUT2D eigenvalue weighted by Gasteiger charge is 2.25. The van der Waals surface area contributed by atoms with Gasteiger partial charge < -0.3 is 4.74 Å². The van der Waals surface area contributed by atoms with Crippen molar-refractivity contribution in [2.45, 2.75) is 104 Å². The van der Waals surface area contributed by atoms with Gasteiger partial charge in [0.1, 0.15) is 0 Å². The molecule has 152 valence electrons. The standard InChI is InChI=1S/C22H38O2.C2H6/c1-4-5-6-7-8-9-14-20-15-12-16-21(20)18-19(2)13-10-11-17-22(23)24-3;1-2/h9,14,20-21H,2,4-8,10-13,15-18H2,1,3H3;1-2H3/b14-9+;/t20?,21-;/m1./s1. The van der Waals surface area contributed by atoms with Crippen LogP contribution in [-0.4, -0.2) is 13.1 Å². The molecule has 0 spiro atoms. The van der Waals surface area contributed by atoms with E-state index >= 15 is 0 Å². The molecular weight excluding hydrogens is 320 g/mol. The van der Waals surface area contributed by atoms with E-state index in [-0.39, 0.29) is 5.97 Å². The maximum Gasteiger partial charge on any atom is 0.305 e. The highest BCUT2D eigenvalue weighted by molar-refractivity contribution is 5.68. The fraction of sp³-hybridized carbons (Fsp3) is 0.792. The first-order valence-corrected chi connectivity index (χ1v) is 11.1. The Bertz CT molecular complexity index is 384. The van der Waals surface area contributed by atoms with E-state index in [4.69, 9.17) is 0 Å². The Balaban J connectivity index is 0.00000301. The first-order valence-electron chi connectivity index (χ1n) is 11.1. The molecule has 0 aromatic carbocycles. The maximum absolute atomic E-state index is 11.1. The van der Waals surface area contributed by atoms with Crippen LogP contribution in [0.3, 0.4) is 0 Å². The van der Waals surface area contributed by atoms with Gasteiger partial charge >= 0.3 is 5.97 Å². The zero-order valence-electron chi connectivity index (χ0n) is 18.0. The molecule has 0 aromatic rings. The molecule has 1 saturated carbocycles. The molecule has 0 heterocycles. The van der Waals surface area contributed by atoms with Gasteiger partial charge in [-0.1, -0.05) is 70.8 Å². The molecule has 1 rings (SSSR count). The average molecular weight is 365 g/mol. The van der Waals surface area contributed by atoms with Crippen LogP contribution in [0.4, 0.5) is 0 Å². The van der Waals surface area contributed by atoms with Crippen LogP contribution in [0.5, 0.6) is 0 Å². The SMILES string of the molecule is C=C(CCCCC(=O)OC)C[C@H]1CCCC1/C=C/CCCCCC.CC. The smallest absolute Gasteiger partial charge is 0.305 e. The molecule has 0 bridgehead atoms. The van der Waals surface area contributed by atoms with E-state index in [0.717, 1.165) is 31.1 Å². The molecule has 2 heteroatoms. The topological polar surface area (TPSA) is 26.3 Å². The normalized spacial score (nSPS) is 19.2. The number of esters is 1. The minimum Gasteiger partial charge on any atom is -0.469 e. The summed E-state index contributed by atoms with van der Waals surface area (Å²) in [6.45, 7) is 10.5. The number of ether oxygens (including phenoxy) is 1. The molecule has 0 saturated heterocycles. The number of hydrogen-bond donors (Lipinski definition) is 0. The molecule has 1 fully saturated rings. The molecule has 2 atom stereocenters. The van der Waals surface area contributed by atoms with Crippen LogP contribution in [0.1, 0.15) is 104 Å². The highest BCUT2D eigenvalue weighted by Crippen LogP contribution is 2.37. The minimum atomic E-state index is -0.0967. The van der Waals surface area contributed by atoms with Crippen molar-refractivity contribution in [1.82, 2.24) is 0 Å². The number of unbranched alkanes of at least 4 members (excludes halogenated alkanes) is 5. The number of carbonyl (C=O) groups is 1. The summed E-state index contributed by atoms with van der Waals surface area (Å²) in [7, 11) is 1.46. The predicted octanol–water partition coefficient (Wildman–Crippen LogP) is 7.64. The van der Waals surface area contributed by atoms with Crippen LogP contribution in [0, 0.1) is 11.8 Å². The van der Waals surface area contributed by atoms with Crippen molar-refractivity contribution in [3.8, 4) is 0 Å². The lowest BCUT2D eigenvalue weighted by atomic mass is 9.88. The summed E-state index contributed by atoms with van der Waals surface area (Å²) in [5, 5.41) is 0. The molecule has 26 heavy (non-hydrogen) atoms. The van der Waals surface area contributed by atoms with Gasteiger partial charge in [-0.05, 0) is 63.2 Å². The van der Waals surface area contributed by atoms with E-state index in [0.29, 0.717) is 6.42 Å². The molecule has 0 aliphatic heterocycles. The molecule has 1 aliphatic rings. The first-order chi connectivity index (χ1) is 12.7. The second-order valence-corrected chi connectivity index (χ2v) is 7.37. The molecule has 2 nitrogen and oxygen atoms in total. The summed E-state index contributed by atoms with van der Waals surface area (Å²) < 4.78 is 4.68. The largest absolute Gasteiger partial charge is 0.469 e. The fourth-order valence-electron chi connectivity index (χ4n) is 3.75. The Morgan fingerprint density at radius 1 is 1.08 bits per heavy atom. The summed E-state index contributed by atoms with van der Waals surface area (Å²) >= 11 is 0. The van der Waals surface area contributed by atoms with E-state index < -0.39 is 0 Å². The van der Waals surface area contributed by atoms with Gasteiger partial charge in [0.05, 0.1) is 7.11 Å². The van der Waals surface area contributed by atoms with Gasteiger partial charge in [0.15, 0.2) is 0 Å². The van der Waals surface area contributed by atoms with E-state index in [9.17, 15) is 4.79 Å². The second kappa shape index (κ2) is 17.4. The van der Waals surface area contributed by atoms with Crippen molar-refractivity contribution in [2.24, 2.45) is 11.8 Å². The molecule has 0 amide bonds. The van der Waals surface area contributed by atoms with Crippen molar-refractivity contribution < 1.29 is 9.53 Å². The van der Waals surface area contributed by atoms with Crippen LogP contribution in [0.15, 0.2) is 24.3 Å². The number of rotatable bonds is 13. The summed E-state index contributed by atoms with van der Waals surface area (Å²) in [6, 6.07) is 0. The monoisotopic (exact) mass is 364 g/mol. The van der Waals surface area contributed by atoms with E-state index in [1.165, 1.54) is 70.5 Å². The number of hydrogen-bond acceptors (Lipinski definition) is 2. The van der Waals surface area contributed by atoms with Gasteiger partial charge in [-0.2, -0.15) is 0 Å². The zero-order chi connectivity index (χ0) is 19.6. The Morgan fingerprint density at radius 3 is 2.50 bits per heavy atom. The van der Waals surface area contributed by atoms with Crippen molar-refractivity contribution in [2.75, 3.05) is 7.11 Å². The van der Waals surface area contributed by atoms with Crippen molar-refractivity contribution in [3.05, 3.63) is 24.3 Å². The van der Waals surface area contributed by atoms with Crippen LogP contribution >= 0.6 is 0 Å². The van der Waals surface area contributed by atoms with Gasteiger partial charge in [0.2, 0.25) is 0 Å². The van der Waals surface area contributed by atoms with Crippen molar-refractivity contribution >= 4 is 5.97 Å². The third kappa shape index (κ3) is 12.3. The summed E-state index contributed by atoms with van der Waals surface area (Å²) in [5.74, 6) is 1.47. The lowest BCUT2D eigenvalue weighted by Gasteiger charge is -2.18. The minimum absolute atomic E-state index is 0.0967.